The number of hydrogen-bond acceptors (Lipinski definition) is 3. The summed E-state index contributed by atoms with van der Waals surface area (Å²) in [5.41, 5.74) is 4.07. The maximum atomic E-state index is 12.0. The smallest absolute Gasteiger partial charge is 0.354 e. The molecule has 1 aliphatic rings. The number of aromatic nitrogens is 1. The van der Waals surface area contributed by atoms with Gasteiger partial charge in [0, 0.05) is 12.1 Å². The van der Waals surface area contributed by atoms with Crippen molar-refractivity contribution >= 4 is 5.97 Å². The first-order valence-corrected chi connectivity index (χ1v) is 6.65. The molecule has 0 saturated carbocycles. The third-order valence-electron chi connectivity index (χ3n) is 3.58. The van der Waals surface area contributed by atoms with Crippen LogP contribution in [0.2, 0.25) is 0 Å². The Morgan fingerprint density at radius 2 is 2.25 bits per heavy atom. The first-order valence-electron chi connectivity index (χ1n) is 6.65. The van der Waals surface area contributed by atoms with E-state index in [2.05, 4.69) is 12.1 Å². The van der Waals surface area contributed by atoms with E-state index in [4.69, 9.17) is 4.74 Å². The van der Waals surface area contributed by atoms with Gasteiger partial charge in [-0.25, -0.2) is 4.79 Å². The molecule has 3 rings (SSSR count). The Morgan fingerprint density at radius 3 is 3.00 bits per heavy atom. The van der Waals surface area contributed by atoms with Crippen molar-refractivity contribution in [3.63, 3.8) is 0 Å². The molecule has 0 fully saturated rings. The second-order valence-electron chi connectivity index (χ2n) is 4.68. The molecule has 1 aromatic carbocycles. The number of carbonyl (C=O) groups excluding carboxylic acids is 1. The van der Waals surface area contributed by atoms with Gasteiger partial charge >= 0.3 is 5.97 Å². The van der Waals surface area contributed by atoms with E-state index >= 15 is 0 Å². The zero-order chi connectivity index (χ0) is 14.1. The average Bonchev–Trinajstić information content (AvgIpc) is 2.86. The predicted molar refractivity (Wildman–Crippen MR) is 74.2 cm³/mol. The molecule has 0 spiro atoms. The topological polar surface area (TPSA) is 55.0 Å². The number of carbonyl (C=O) groups is 1. The number of ether oxygens (including phenoxy) is 1. The largest absolute Gasteiger partial charge is 0.461 e. The number of nitrogens with zero attached hydrogens (tertiary/aromatic N) is 2. The Bertz CT molecular complexity index is 723. The van der Waals surface area contributed by atoms with Crippen molar-refractivity contribution in [2.24, 2.45) is 0 Å². The summed E-state index contributed by atoms with van der Waals surface area (Å²) in [4.78, 5) is 12.0. The third-order valence-corrected chi connectivity index (χ3v) is 3.58. The van der Waals surface area contributed by atoms with E-state index < -0.39 is 0 Å². The summed E-state index contributed by atoms with van der Waals surface area (Å²) >= 11 is 0. The summed E-state index contributed by atoms with van der Waals surface area (Å²) < 4.78 is 6.97. The first-order chi connectivity index (χ1) is 9.76. The van der Waals surface area contributed by atoms with Crippen LogP contribution >= 0.6 is 0 Å². The number of aryl methyl sites for hydroxylation is 1. The van der Waals surface area contributed by atoms with E-state index in [0.717, 1.165) is 17.7 Å². The Hall–Kier alpha value is -2.54. The van der Waals surface area contributed by atoms with Crippen LogP contribution in [0.1, 0.15) is 28.5 Å². The van der Waals surface area contributed by atoms with E-state index in [1.807, 2.05) is 22.8 Å². The van der Waals surface area contributed by atoms with Gasteiger partial charge in [-0.2, -0.15) is 5.26 Å². The van der Waals surface area contributed by atoms with Crippen molar-refractivity contribution in [2.45, 2.75) is 19.9 Å². The van der Waals surface area contributed by atoms with Gasteiger partial charge in [0.15, 0.2) is 0 Å². The van der Waals surface area contributed by atoms with Crippen LogP contribution in [-0.2, 0) is 17.7 Å². The van der Waals surface area contributed by atoms with Crippen LogP contribution < -0.4 is 0 Å². The second kappa shape index (κ2) is 4.86. The molecule has 100 valence electrons. The lowest BCUT2D eigenvalue weighted by Gasteiger charge is -2.21. The lowest BCUT2D eigenvalue weighted by atomic mass is 9.97. The minimum absolute atomic E-state index is 0.331. The lowest BCUT2D eigenvalue weighted by molar-refractivity contribution is 0.0514. The van der Waals surface area contributed by atoms with Crippen LogP contribution in [0.25, 0.3) is 11.3 Å². The number of hydrogen-bond donors (Lipinski definition) is 0. The molecule has 4 nitrogen and oxygen atoms in total. The van der Waals surface area contributed by atoms with E-state index in [9.17, 15) is 10.1 Å². The molecule has 0 atom stereocenters. The standard InChI is InChI=1S/C16H14N2O2/c1-2-20-16(19)14-9-12(10-17)15-13-6-4-3-5-11(13)7-8-18(14)15/h3-6,9H,2,7-8H2,1H3. The molecule has 1 aromatic heterocycles. The van der Waals surface area contributed by atoms with Crippen LogP contribution in [0.4, 0.5) is 0 Å². The fraction of sp³-hybridized carbons (Fsp3) is 0.250. The molecule has 0 radical (unpaired) electrons. The fourth-order valence-corrected chi connectivity index (χ4v) is 2.73. The van der Waals surface area contributed by atoms with Crippen molar-refractivity contribution in [3.05, 3.63) is 47.2 Å². The van der Waals surface area contributed by atoms with Crippen molar-refractivity contribution in [1.29, 1.82) is 5.26 Å². The van der Waals surface area contributed by atoms with Gasteiger partial charge in [-0.3, -0.25) is 0 Å². The van der Waals surface area contributed by atoms with E-state index in [-0.39, 0.29) is 5.97 Å². The monoisotopic (exact) mass is 266 g/mol. The maximum absolute atomic E-state index is 12.0. The van der Waals surface area contributed by atoms with E-state index in [1.165, 1.54) is 5.56 Å². The highest BCUT2D eigenvalue weighted by molar-refractivity contribution is 5.91. The van der Waals surface area contributed by atoms with E-state index in [1.54, 1.807) is 13.0 Å². The maximum Gasteiger partial charge on any atom is 0.354 e. The van der Waals surface area contributed by atoms with Crippen LogP contribution in [0.15, 0.2) is 30.3 Å². The molecule has 0 bridgehead atoms. The molecule has 0 aliphatic carbocycles. The number of fused-ring (bicyclic) bond motifs is 3. The van der Waals surface area contributed by atoms with Gasteiger partial charge in [-0.05, 0) is 25.0 Å². The molecule has 1 aliphatic heterocycles. The highest BCUT2D eigenvalue weighted by Crippen LogP contribution is 2.34. The molecule has 0 saturated heterocycles. The van der Waals surface area contributed by atoms with Gasteiger partial charge in [0.05, 0.1) is 17.9 Å². The van der Waals surface area contributed by atoms with E-state index in [0.29, 0.717) is 24.4 Å². The summed E-state index contributed by atoms with van der Waals surface area (Å²) in [6.07, 6.45) is 0.856. The van der Waals surface area contributed by atoms with Crippen LogP contribution in [0.5, 0.6) is 0 Å². The zero-order valence-electron chi connectivity index (χ0n) is 11.2. The predicted octanol–water partition coefficient (Wildman–Crippen LogP) is 2.76. The fourth-order valence-electron chi connectivity index (χ4n) is 2.73. The summed E-state index contributed by atoms with van der Waals surface area (Å²) in [7, 11) is 0. The molecule has 2 aromatic rings. The summed E-state index contributed by atoms with van der Waals surface area (Å²) in [5.74, 6) is -0.366. The quantitative estimate of drug-likeness (QED) is 0.785. The molecule has 0 amide bonds. The summed E-state index contributed by atoms with van der Waals surface area (Å²) in [6.45, 7) is 2.80. The molecule has 0 unspecified atom stereocenters. The Kier molecular flexibility index (Phi) is 3.03. The van der Waals surface area contributed by atoms with Crippen LogP contribution in [0.3, 0.4) is 0 Å². The first kappa shape index (κ1) is 12.5. The normalized spacial score (nSPS) is 12.2. The van der Waals surface area contributed by atoms with Gasteiger partial charge in [-0.1, -0.05) is 24.3 Å². The molecule has 2 heterocycles. The minimum Gasteiger partial charge on any atom is -0.461 e. The summed E-state index contributed by atoms with van der Waals surface area (Å²) in [6, 6.07) is 11.8. The summed E-state index contributed by atoms with van der Waals surface area (Å²) in [5, 5.41) is 9.33. The van der Waals surface area contributed by atoms with Crippen molar-refractivity contribution in [2.75, 3.05) is 6.61 Å². The average molecular weight is 266 g/mol. The van der Waals surface area contributed by atoms with Gasteiger partial charge < -0.3 is 9.30 Å². The molecule has 4 heteroatoms. The Labute approximate surface area is 117 Å². The van der Waals surface area contributed by atoms with Crippen LogP contribution in [-0.4, -0.2) is 17.1 Å². The Balaban J connectivity index is 2.20. The molecular weight excluding hydrogens is 252 g/mol. The van der Waals surface area contributed by atoms with Gasteiger partial charge in [0.1, 0.15) is 11.8 Å². The second-order valence-corrected chi connectivity index (χ2v) is 4.68. The third kappa shape index (κ3) is 1.79. The van der Waals surface area contributed by atoms with Gasteiger partial charge in [0.2, 0.25) is 0 Å². The highest BCUT2D eigenvalue weighted by Gasteiger charge is 2.26. The van der Waals surface area contributed by atoms with Crippen molar-refractivity contribution in [1.82, 2.24) is 4.57 Å². The SMILES string of the molecule is CCOC(=O)c1cc(C#N)c2n1CCc1ccccc1-2. The minimum atomic E-state index is -0.366. The van der Waals surface area contributed by atoms with Gasteiger partial charge in [0.25, 0.3) is 0 Å². The van der Waals surface area contributed by atoms with Gasteiger partial charge in [-0.15, -0.1) is 0 Å². The molecule has 0 N–H and O–H groups in total. The number of nitriles is 1. The van der Waals surface area contributed by atoms with Crippen LogP contribution in [0, 0.1) is 11.3 Å². The number of esters is 1. The number of rotatable bonds is 2. The lowest BCUT2D eigenvalue weighted by Crippen LogP contribution is -2.17. The number of benzene rings is 1. The molecule has 20 heavy (non-hydrogen) atoms. The zero-order valence-corrected chi connectivity index (χ0v) is 11.2. The van der Waals surface area contributed by atoms with Crippen molar-refractivity contribution < 1.29 is 9.53 Å². The molecular formula is C16H14N2O2. The van der Waals surface area contributed by atoms with Crippen molar-refractivity contribution in [3.8, 4) is 17.3 Å². The Morgan fingerprint density at radius 1 is 1.45 bits per heavy atom. The highest BCUT2D eigenvalue weighted by atomic mass is 16.5.